The van der Waals surface area contributed by atoms with Crippen LogP contribution in [0.25, 0.3) is 0 Å². The lowest BCUT2D eigenvalue weighted by atomic mass is 9.96. The Labute approximate surface area is 104 Å². The van der Waals surface area contributed by atoms with E-state index in [2.05, 4.69) is 29.0 Å². The van der Waals surface area contributed by atoms with Crippen molar-refractivity contribution in [2.75, 3.05) is 37.4 Å². The van der Waals surface area contributed by atoms with E-state index in [1.54, 1.807) is 0 Å². The number of hydrogen-bond acceptors (Lipinski definition) is 4. The molecule has 0 saturated heterocycles. The van der Waals surface area contributed by atoms with Gasteiger partial charge in [0.15, 0.2) is 0 Å². The predicted octanol–water partition coefficient (Wildman–Crippen LogP) is 1.79. The molecule has 4 heteroatoms. The maximum Gasteiger partial charge on any atom is 0.0764 e. The standard InChI is InChI=1S/C13H24N4/c1-10(2)11(7-14)8-16-12-9-15-6-5-13(12)17(3)4/h5-6,9-11,16H,7-8,14H2,1-4H3. The van der Waals surface area contributed by atoms with Crippen LogP contribution < -0.4 is 16.0 Å². The molecule has 0 aromatic carbocycles. The molecule has 1 aromatic rings. The third-order valence-corrected chi connectivity index (χ3v) is 3.08. The first-order valence-corrected chi connectivity index (χ1v) is 6.11. The van der Waals surface area contributed by atoms with Gasteiger partial charge in [-0.2, -0.15) is 0 Å². The molecule has 0 saturated carbocycles. The lowest BCUT2D eigenvalue weighted by Gasteiger charge is -2.22. The molecule has 4 nitrogen and oxygen atoms in total. The molecule has 0 bridgehead atoms. The van der Waals surface area contributed by atoms with Crippen LogP contribution in [0, 0.1) is 11.8 Å². The highest BCUT2D eigenvalue weighted by Gasteiger charge is 2.12. The summed E-state index contributed by atoms with van der Waals surface area (Å²) in [6.07, 6.45) is 3.67. The fourth-order valence-corrected chi connectivity index (χ4v) is 1.75. The third kappa shape index (κ3) is 3.89. The molecule has 1 unspecified atom stereocenters. The second kappa shape index (κ2) is 6.45. The first-order chi connectivity index (χ1) is 8.06. The molecule has 1 heterocycles. The van der Waals surface area contributed by atoms with Gasteiger partial charge in [-0.05, 0) is 24.4 Å². The van der Waals surface area contributed by atoms with Gasteiger partial charge < -0.3 is 16.0 Å². The number of nitrogens with zero attached hydrogens (tertiary/aromatic N) is 2. The zero-order chi connectivity index (χ0) is 12.8. The van der Waals surface area contributed by atoms with Crippen LogP contribution in [0.2, 0.25) is 0 Å². The smallest absolute Gasteiger partial charge is 0.0764 e. The molecular formula is C13H24N4. The molecule has 0 amide bonds. The van der Waals surface area contributed by atoms with Crippen LogP contribution in [-0.2, 0) is 0 Å². The Morgan fingerprint density at radius 3 is 2.65 bits per heavy atom. The van der Waals surface area contributed by atoms with E-state index in [-0.39, 0.29) is 0 Å². The van der Waals surface area contributed by atoms with E-state index in [9.17, 15) is 0 Å². The third-order valence-electron chi connectivity index (χ3n) is 3.08. The molecule has 0 aliphatic heterocycles. The summed E-state index contributed by atoms with van der Waals surface area (Å²) < 4.78 is 0. The van der Waals surface area contributed by atoms with Crippen molar-refractivity contribution >= 4 is 11.4 Å². The Bertz CT molecular complexity index is 336. The molecule has 1 atom stereocenters. The summed E-state index contributed by atoms with van der Waals surface area (Å²) in [6, 6.07) is 2.01. The monoisotopic (exact) mass is 236 g/mol. The fourth-order valence-electron chi connectivity index (χ4n) is 1.75. The average Bonchev–Trinajstić information content (AvgIpc) is 2.29. The maximum absolute atomic E-state index is 5.77. The van der Waals surface area contributed by atoms with Gasteiger partial charge in [0.25, 0.3) is 0 Å². The Morgan fingerprint density at radius 2 is 2.12 bits per heavy atom. The number of nitrogens with one attached hydrogen (secondary N) is 1. The Balaban J connectivity index is 2.68. The molecule has 0 aliphatic rings. The van der Waals surface area contributed by atoms with E-state index in [0.29, 0.717) is 18.4 Å². The molecule has 3 N–H and O–H groups in total. The van der Waals surface area contributed by atoms with Crippen LogP contribution >= 0.6 is 0 Å². The molecule has 0 radical (unpaired) electrons. The second-order valence-electron chi connectivity index (χ2n) is 4.91. The summed E-state index contributed by atoms with van der Waals surface area (Å²) in [7, 11) is 4.06. The minimum Gasteiger partial charge on any atom is -0.382 e. The molecule has 0 aliphatic carbocycles. The summed E-state index contributed by atoms with van der Waals surface area (Å²) in [5.74, 6) is 1.08. The van der Waals surface area contributed by atoms with Crippen molar-refractivity contribution < 1.29 is 0 Å². The normalized spacial score (nSPS) is 12.6. The van der Waals surface area contributed by atoms with Crippen molar-refractivity contribution in [2.45, 2.75) is 13.8 Å². The topological polar surface area (TPSA) is 54.2 Å². The van der Waals surface area contributed by atoms with Crippen LogP contribution in [-0.4, -0.2) is 32.2 Å². The van der Waals surface area contributed by atoms with Crippen molar-refractivity contribution in [3.05, 3.63) is 18.5 Å². The highest BCUT2D eigenvalue weighted by Crippen LogP contribution is 2.23. The summed E-state index contributed by atoms with van der Waals surface area (Å²) in [5, 5.41) is 3.44. The van der Waals surface area contributed by atoms with E-state index in [1.165, 1.54) is 0 Å². The fraction of sp³-hybridized carbons (Fsp3) is 0.615. The van der Waals surface area contributed by atoms with E-state index in [0.717, 1.165) is 17.9 Å². The van der Waals surface area contributed by atoms with Crippen LogP contribution in [0.5, 0.6) is 0 Å². The Morgan fingerprint density at radius 1 is 1.41 bits per heavy atom. The largest absolute Gasteiger partial charge is 0.382 e. The summed E-state index contributed by atoms with van der Waals surface area (Å²) in [6.45, 7) is 6.01. The summed E-state index contributed by atoms with van der Waals surface area (Å²) in [4.78, 5) is 6.24. The van der Waals surface area contributed by atoms with E-state index >= 15 is 0 Å². The quantitative estimate of drug-likeness (QED) is 0.790. The van der Waals surface area contributed by atoms with Crippen LogP contribution in [0.15, 0.2) is 18.5 Å². The molecule has 0 fully saturated rings. The lowest BCUT2D eigenvalue weighted by Crippen LogP contribution is -2.27. The van der Waals surface area contributed by atoms with Gasteiger partial charge in [0.1, 0.15) is 0 Å². The van der Waals surface area contributed by atoms with Gasteiger partial charge >= 0.3 is 0 Å². The van der Waals surface area contributed by atoms with Gasteiger partial charge in [0.2, 0.25) is 0 Å². The SMILES string of the molecule is CC(C)C(CN)CNc1cnccc1N(C)C. The first kappa shape index (κ1) is 13.8. The summed E-state index contributed by atoms with van der Waals surface area (Å²) >= 11 is 0. The van der Waals surface area contributed by atoms with E-state index < -0.39 is 0 Å². The summed E-state index contributed by atoms with van der Waals surface area (Å²) in [5.41, 5.74) is 7.99. The van der Waals surface area contributed by atoms with Crippen LogP contribution in [0.1, 0.15) is 13.8 Å². The molecule has 17 heavy (non-hydrogen) atoms. The number of nitrogens with two attached hydrogens (primary N) is 1. The number of pyridine rings is 1. The minimum atomic E-state index is 0.491. The van der Waals surface area contributed by atoms with Gasteiger partial charge in [0.05, 0.1) is 17.6 Å². The predicted molar refractivity (Wildman–Crippen MR) is 74.4 cm³/mol. The highest BCUT2D eigenvalue weighted by molar-refractivity contribution is 5.68. The van der Waals surface area contributed by atoms with Gasteiger partial charge in [-0.25, -0.2) is 0 Å². The molecule has 1 rings (SSSR count). The Kier molecular flexibility index (Phi) is 5.22. The zero-order valence-corrected chi connectivity index (χ0v) is 11.3. The van der Waals surface area contributed by atoms with Gasteiger partial charge in [-0.3, -0.25) is 4.98 Å². The van der Waals surface area contributed by atoms with Crippen molar-refractivity contribution in [1.82, 2.24) is 4.98 Å². The second-order valence-corrected chi connectivity index (χ2v) is 4.91. The maximum atomic E-state index is 5.77. The molecule has 96 valence electrons. The zero-order valence-electron chi connectivity index (χ0n) is 11.3. The van der Waals surface area contributed by atoms with E-state index in [4.69, 9.17) is 5.73 Å². The molecular weight excluding hydrogens is 212 g/mol. The van der Waals surface area contributed by atoms with E-state index in [1.807, 2.05) is 32.6 Å². The average molecular weight is 236 g/mol. The van der Waals surface area contributed by atoms with Crippen molar-refractivity contribution in [1.29, 1.82) is 0 Å². The molecule has 0 spiro atoms. The van der Waals surface area contributed by atoms with Crippen molar-refractivity contribution in [3.63, 3.8) is 0 Å². The number of aromatic nitrogens is 1. The van der Waals surface area contributed by atoms with Gasteiger partial charge in [-0.1, -0.05) is 13.8 Å². The molecule has 1 aromatic heterocycles. The van der Waals surface area contributed by atoms with Gasteiger partial charge in [0, 0.05) is 26.8 Å². The lowest BCUT2D eigenvalue weighted by molar-refractivity contribution is 0.413. The number of rotatable bonds is 6. The number of hydrogen-bond donors (Lipinski definition) is 2. The van der Waals surface area contributed by atoms with Crippen LogP contribution in [0.4, 0.5) is 11.4 Å². The Hall–Kier alpha value is -1.29. The minimum absolute atomic E-state index is 0.491. The number of anilines is 2. The van der Waals surface area contributed by atoms with Crippen molar-refractivity contribution in [2.24, 2.45) is 17.6 Å². The van der Waals surface area contributed by atoms with Crippen molar-refractivity contribution in [3.8, 4) is 0 Å². The van der Waals surface area contributed by atoms with Gasteiger partial charge in [-0.15, -0.1) is 0 Å². The highest BCUT2D eigenvalue weighted by atomic mass is 15.1. The first-order valence-electron chi connectivity index (χ1n) is 6.11. The van der Waals surface area contributed by atoms with Crippen LogP contribution in [0.3, 0.4) is 0 Å².